The molecule has 30 heavy (non-hydrogen) atoms. The lowest BCUT2D eigenvalue weighted by molar-refractivity contribution is -0.116. The number of carbonyl (C=O) groups excluding carboxylic acids is 1. The lowest BCUT2D eigenvalue weighted by Crippen LogP contribution is -2.13. The van der Waals surface area contributed by atoms with E-state index in [9.17, 15) is 18.0 Å². The Kier molecular flexibility index (Phi) is 6.95. The summed E-state index contributed by atoms with van der Waals surface area (Å²) in [4.78, 5) is 20.5. The Morgan fingerprint density at radius 2 is 1.90 bits per heavy atom. The number of hydrogen-bond donors (Lipinski definition) is 1. The Labute approximate surface area is 184 Å². The monoisotopic (exact) mass is 474 g/mol. The van der Waals surface area contributed by atoms with Crippen LogP contribution < -0.4 is 5.32 Å². The van der Waals surface area contributed by atoms with Gasteiger partial charge in [0.25, 0.3) is 0 Å². The zero-order valence-corrected chi connectivity index (χ0v) is 17.8. The van der Waals surface area contributed by atoms with Crippen molar-refractivity contribution in [3.05, 3.63) is 64.3 Å². The van der Waals surface area contributed by atoms with Crippen LogP contribution >= 0.6 is 35.0 Å². The third-order valence-electron chi connectivity index (χ3n) is 4.03. The number of thioether (sulfide) groups is 1. The number of aryl methyl sites for hydroxylation is 2. The Balaban J connectivity index is 1.57. The van der Waals surface area contributed by atoms with Gasteiger partial charge in [0.05, 0.1) is 11.9 Å². The second-order valence-electron chi connectivity index (χ2n) is 6.30. The minimum atomic E-state index is -4.32. The van der Waals surface area contributed by atoms with E-state index in [2.05, 4.69) is 15.3 Å². The highest BCUT2D eigenvalue weighted by Gasteiger charge is 2.29. The molecule has 0 saturated heterocycles. The Bertz CT molecular complexity index is 1050. The summed E-state index contributed by atoms with van der Waals surface area (Å²) in [5, 5.41) is 3.16. The van der Waals surface area contributed by atoms with Gasteiger partial charge in [-0.25, -0.2) is 9.97 Å². The fourth-order valence-corrected chi connectivity index (χ4v) is 3.53. The van der Waals surface area contributed by atoms with Gasteiger partial charge in [0.2, 0.25) is 5.91 Å². The molecule has 11 heteroatoms. The van der Waals surface area contributed by atoms with Crippen molar-refractivity contribution in [1.29, 1.82) is 0 Å². The summed E-state index contributed by atoms with van der Waals surface area (Å²) in [5.74, 6) is 0.301. The molecule has 3 rings (SSSR count). The van der Waals surface area contributed by atoms with Crippen LogP contribution in [-0.2, 0) is 11.2 Å². The fourth-order valence-electron chi connectivity index (χ4n) is 2.69. The van der Waals surface area contributed by atoms with Gasteiger partial charge >= 0.3 is 5.51 Å². The average molecular weight is 475 g/mol. The zero-order chi connectivity index (χ0) is 21.9. The van der Waals surface area contributed by atoms with Crippen molar-refractivity contribution in [2.75, 3.05) is 5.32 Å². The number of nitrogens with zero attached hydrogens (tertiary/aromatic N) is 3. The third kappa shape index (κ3) is 5.90. The number of pyridine rings is 1. The average Bonchev–Trinajstić information content (AvgIpc) is 2.99. The van der Waals surface area contributed by atoms with Crippen LogP contribution in [0.3, 0.4) is 0 Å². The van der Waals surface area contributed by atoms with Crippen molar-refractivity contribution in [2.45, 2.75) is 30.2 Å². The van der Waals surface area contributed by atoms with Gasteiger partial charge in [-0.1, -0.05) is 35.3 Å². The van der Waals surface area contributed by atoms with Gasteiger partial charge in [-0.2, -0.15) is 13.2 Å². The highest BCUT2D eigenvalue weighted by molar-refractivity contribution is 8.00. The van der Waals surface area contributed by atoms with E-state index in [0.717, 1.165) is 11.1 Å². The van der Waals surface area contributed by atoms with Gasteiger partial charge in [-0.3, -0.25) is 9.36 Å². The fraction of sp³-hybridized carbons (Fsp3) is 0.211. The number of anilines is 1. The number of aromatic nitrogens is 3. The molecule has 1 N–H and O–H groups in total. The number of hydrogen-bond acceptors (Lipinski definition) is 4. The number of carbonyl (C=O) groups is 1. The molecule has 0 atom stereocenters. The number of alkyl halides is 3. The maximum atomic E-state index is 12.4. The normalized spacial score (nSPS) is 11.5. The summed E-state index contributed by atoms with van der Waals surface area (Å²) in [5.41, 5.74) is -2.28. The Morgan fingerprint density at radius 3 is 2.47 bits per heavy atom. The summed E-state index contributed by atoms with van der Waals surface area (Å²) in [6.07, 6.45) is 3.52. The van der Waals surface area contributed by atoms with E-state index in [1.807, 2.05) is 6.92 Å². The molecular weight excluding hydrogens is 460 g/mol. The van der Waals surface area contributed by atoms with E-state index in [0.29, 0.717) is 17.9 Å². The molecule has 1 amide bonds. The maximum absolute atomic E-state index is 12.4. The van der Waals surface area contributed by atoms with E-state index in [4.69, 9.17) is 23.2 Å². The topological polar surface area (TPSA) is 59.8 Å². The van der Waals surface area contributed by atoms with Crippen LogP contribution in [0.15, 0.2) is 47.8 Å². The van der Waals surface area contributed by atoms with Crippen LogP contribution in [-0.4, -0.2) is 26.0 Å². The second-order valence-corrected chi connectivity index (χ2v) is 8.16. The molecule has 0 saturated carbocycles. The summed E-state index contributed by atoms with van der Waals surface area (Å²) >= 11 is 11.8. The molecule has 158 valence electrons. The molecule has 0 aliphatic carbocycles. The SMILES string of the molecule is Cc1cc(NC(=O)CCc2ccc(SC(F)(F)F)cc2)cnc1-n1cnc(Cl)c1Cl. The second kappa shape index (κ2) is 9.28. The first-order valence-corrected chi connectivity index (χ1v) is 10.2. The molecule has 0 bridgehead atoms. The number of amides is 1. The Hall–Kier alpha value is -2.23. The predicted molar refractivity (Wildman–Crippen MR) is 111 cm³/mol. The minimum absolute atomic E-state index is 0.108. The van der Waals surface area contributed by atoms with Crippen LogP contribution in [0.2, 0.25) is 10.3 Å². The largest absolute Gasteiger partial charge is 0.446 e. The van der Waals surface area contributed by atoms with E-state index in [-0.39, 0.29) is 39.3 Å². The van der Waals surface area contributed by atoms with E-state index in [1.54, 1.807) is 18.2 Å². The molecule has 0 unspecified atom stereocenters. The molecule has 0 spiro atoms. The van der Waals surface area contributed by atoms with Crippen LogP contribution in [0.1, 0.15) is 17.5 Å². The highest BCUT2D eigenvalue weighted by Crippen LogP contribution is 2.36. The minimum Gasteiger partial charge on any atom is -0.325 e. The van der Waals surface area contributed by atoms with Crippen molar-refractivity contribution >= 4 is 46.6 Å². The van der Waals surface area contributed by atoms with Crippen molar-refractivity contribution in [1.82, 2.24) is 14.5 Å². The van der Waals surface area contributed by atoms with Crippen molar-refractivity contribution in [3.8, 4) is 5.82 Å². The molecule has 2 heterocycles. The summed E-state index contributed by atoms with van der Waals surface area (Å²) in [7, 11) is 0. The van der Waals surface area contributed by atoms with Crippen molar-refractivity contribution < 1.29 is 18.0 Å². The lowest BCUT2D eigenvalue weighted by atomic mass is 10.1. The molecule has 1 aromatic carbocycles. The highest BCUT2D eigenvalue weighted by atomic mass is 35.5. The number of rotatable bonds is 6. The molecule has 0 aliphatic heterocycles. The first kappa shape index (κ1) is 22.5. The summed E-state index contributed by atoms with van der Waals surface area (Å²) < 4.78 is 38.6. The third-order valence-corrected chi connectivity index (χ3v) is 5.50. The van der Waals surface area contributed by atoms with Crippen molar-refractivity contribution in [2.24, 2.45) is 0 Å². The van der Waals surface area contributed by atoms with Crippen LogP contribution in [0.4, 0.5) is 18.9 Å². The number of nitrogens with one attached hydrogen (secondary N) is 1. The molecule has 0 radical (unpaired) electrons. The standard InChI is InChI=1S/C19H15Cl2F3N4OS/c1-11-8-13(9-25-18(11)28-10-26-16(20)17(28)21)27-15(29)7-4-12-2-5-14(6-3-12)30-19(22,23)24/h2-3,5-6,8-10H,4,7H2,1H3,(H,27,29). The van der Waals surface area contributed by atoms with E-state index in [1.165, 1.54) is 29.2 Å². The van der Waals surface area contributed by atoms with E-state index >= 15 is 0 Å². The maximum Gasteiger partial charge on any atom is 0.446 e. The lowest BCUT2D eigenvalue weighted by Gasteiger charge is -2.10. The van der Waals surface area contributed by atoms with Gasteiger partial charge < -0.3 is 5.32 Å². The molecule has 0 aliphatic rings. The summed E-state index contributed by atoms with van der Waals surface area (Å²) in [6.45, 7) is 1.81. The zero-order valence-electron chi connectivity index (χ0n) is 15.5. The smallest absolute Gasteiger partial charge is 0.325 e. The summed E-state index contributed by atoms with van der Waals surface area (Å²) in [6, 6.07) is 7.70. The molecular formula is C19H15Cl2F3N4OS. The van der Waals surface area contributed by atoms with Crippen molar-refractivity contribution in [3.63, 3.8) is 0 Å². The van der Waals surface area contributed by atoms with Gasteiger partial charge in [0.1, 0.15) is 12.1 Å². The first-order valence-electron chi connectivity index (χ1n) is 8.62. The number of imidazole rings is 1. The predicted octanol–water partition coefficient (Wildman–Crippen LogP) is 6.07. The Morgan fingerprint density at radius 1 is 1.20 bits per heavy atom. The molecule has 0 fully saturated rings. The molecule has 5 nitrogen and oxygen atoms in total. The van der Waals surface area contributed by atoms with Gasteiger partial charge in [0, 0.05) is 11.3 Å². The van der Waals surface area contributed by atoms with E-state index < -0.39 is 5.51 Å². The van der Waals surface area contributed by atoms with Crippen LogP contribution in [0, 0.1) is 6.92 Å². The van der Waals surface area contributed by atoms with Crippen LogP contribution in [0.25, 0.3) is 5.82 Å². The van der Waals surface area contributed by atoms with Gasteiger partial charge in [-0.05, 0) is 54.4 Å². The van der Waals surface area contributed by atoms with Crippen LogP contribution in [0.5, 0.6) is 0 Å². The first-order chi connectivity index (χ1) is 14.1. The number of benzene rings is 1. The number of halogens is 5. The van der Waals surface area contributed by atoms with Gasteiger partial charge in [0.15, 0.2) is 10.3 Å². The van der Waals surface area contributed by atoms with Gasteiger partial charge in [-0.15, -0.1) is 0 Å². The molecule has 3 aromatic rings. The molecule has 2 aromatic heterocycles. The quantitative estimate of drug-likeness (QED) is 0.440.